The molecule has 0 aromatic carbocycles. The van der Waals surface area contributed by atoms with Gasteiger partial charge in [-0.05, 0) is 60.7 Å². The summed E-state index contributed by atoms with van der Waals surface area (Å²) >= 11 is 0. The molecule has 0 amide bonds. The fraction of sp³-hybridized carbons (Fsp3) is 1.00. The van der Waals surface area contributed by atoms with Crippen molar-refractivity contribution in [2.45, 2.75) is 58.7 Å². The smallest absolute Gasteiger partial charge is 0.158 e. The minimum atomic E-state index is 0.126. The molecule has 2 heteroatoms. The van der Waals surface area contributed by atoms with Crippen molar-refractivity contribution >= 4 is 0 Å². The molecule has 0 aromatic rings. The molecule has 1 saturated heterocycles. The normalized spacial score (nSPS) is 51.0. The highest BCUT2D eigenvalue weighted by atomic mass is 16.7. The second kappa shape index (κ2) is 5.28. The summed E-state index contributed by atoms with van der Waals surface area (Å²) < 4.78 is 11.4. The third-order valence-electron chi connectivity index (χ3n) is 7.20. The number of ether oxygens (including phenoxy) is 2. The van der Waals surface area contributed by atoms with Crippen LogP contribution in [0.4, 0.5) is 0 Å². The number of rotatable bonds is 4. The van der Waals surface area contributed by atoms with Gasteiger partial charge in [0.1, 0.15) is 0 Å². The molecule has 1 aliphatic heterocycles. The molecule has 2 bridgehead atoms. The monoisotopic (exact) mass is 278 g/mol. The molecular formula is C18H30O2. The third kappa shape index (κ3) is 1.98. The van der Waals surface area contributed by atoms with E-state index in [1.54, 1.807) is 0 Å². The predicted molar refractivity (Wildman–Crippen MR) is 79.2 cm³/mol. The maximum absolute atomic E-state index is 5.71. The minimum absolute atomic E-state index is 0.126. The van der Waals surface area contributed by atoms with E-state index in [2.05, 4.69) is 13.8 Å². The predicted octanol–water partition coefficient (Wildman–Crippen LogP) is 4.09. The highest BCUT2D eigenvalue weighted by Gasteiger charge is 2.59. The van der Waals surface area contributed by atoms with Crippen LogP contribution in [0.5, 0.6) is 0 Å². The van der Waals surface area contributed by atoms with Crippen molar-refractivity contribution in [2.75, 3.05) is 13.2 Å². The molecule has 0 spiro atoms. The number of hydrogen-bond acceptors (Lipinski definition) is 2. The van der Waals surface area contributed by atoms with Crippen LogP contribution in [0, 0.1) is 41.4 Å². The van der Waals surface area contributed by atoms with Gasteiger partial charge in [0.25, 0.3) is 0 Å². The zero-order chi connectivity index (χ0) is 13.7. The SMILES string of the molecule is CCC1CC(CC)C2C3CC(CC3CC3OCCO3)C12. The molecule has 1 heterocycles. The van der Waals surface area contributed by atoms with E-state index in [9.17, 15) is 0 Å². The van der Waals surface area contributed by atoms with Gasteiger partial charge in [-0.1, -0.05) is 26.7 Å². The van der Waals surface area contributed by atoms with E-state index in [1.807, 2.05) is 0 Å². The first-order valence-electron chi connectivity index (χ1n) is 9.05. The van der Waals surface area contributed by atoms with E-state index in [0.29, 0.717) is 0 Å². The molecule has 0 aromatic heterocycles. The van der Waals surface area contributed by atoms with Gasteiger partial charge in [0, 0.05) is 6.42 Å². The van der Waals surface area contributed by atoms with Crippen molar-refractivity contribution in [3.63, 3.8) is 0 Å². The molecule has 4 aliphatic rings. The van der Waals surface area contributed by atoms with E-state index >= 15 is 0 Å². The molecule has 3 saturated carbocycles. The van der Waals surface area contributed by atoms with Crippen LogP contribution in [0.3, 0.4) is 0 Å². The zero-order valence-corrected chi connectivity index (χ0v) is 13.1. The lowest BCUT2D eigenvalue weighted by molar-refractivity contribution is -0.0666. The van der Waals surface area contributed by atoms with Gasteiger partial charge >= 0.3 is 0 Å². The largest absolute Gasteiger partial charge is 0.350 e. The Morgan fingerprint density at radius 2 is 1.50 bits per heavy atom. The van der Waals surface area contributed by atoms with Gasteiger partial charge in [-0.2, -0.15) is 0 Å². The Morgan fingerprint density at radius 1 is 0.800 bits per heavy atom. The summed E-state index contributed by atoms with van der Waals surface area (Å²) in [6.45, 7) is 6.47. The lowest BCUT2D eigenvalue weighted by Gasteiger charge is -2.36. The van der Waals surface area contributed by atoms with Gasteiger partial charge in [-0.3, -0.25) is 0 Å². The van der Waals surface area contributed by atoms with Crippen LogP contribution >= 0.6 is 0 Å². The summed E-state index contributed by atoms with van der Waals surface area (Å²) in [7, 11) is 0. The first kappa shape index (κ1) is 13.6. The van der Waals surface area contributed by atoms with Crippen LogP contribution in [0.15, 0.2) is 0 Å². The Balaban J connectivity index is 1.48. The van der Waals surface area contributed by atoms with Gasteiger partial charge in [-0.25, -0.2) is 0 Å². The molecule has 114 valence electrons. The Hall–Kier alpha value is -0.0800. The topological polar surface area (TPSA) is 18.5 Å². The van der Waals surface area contributed by atoms with Crippen LogP contribution in [-0.2, 0) is 9.47 Å². The van der Waals surface area contributed by atoms with E-state index < -0.39 is 0 Å². The maximum Gasteiger partial charge on any atom is 0.158 e. The Kier molecular flexibility index (Phi) is 3.58. The molecule has 7 unspecified atom stereocenters. The number of hydrogen-bond donors (Lipinski definition) is 0. The van der Waals surface area contributed by atoms with E-state index in [1.165, 1.54) is 38.5 Å². The van der Waals surface area contributed by atoms with Crippen molar-refractivity contribution in [1.29, 1.82) is 0 Å². The fourth-order valence-corrected chi connectivity index (χ4v) is 6.59. The van der Waals surface area contributed by atoms with Gasteiger partial charge < -0.3 is 9.47 Å². The standard InChI is InChI=1S/C18H30O2/c1-3-11-7-12(4-2)18-15-9-14(17(11)18)8-13(15)10-16-19-5-6-20-16/h11-18H,3-10H2,1-2H3. The van der Waals surface area contributed by atoms with Crippen LogP contribution in [0.25, 0.3) is 0 Å². The minimum Gasteiger partial charge on any atom is -0.350 e. The van der Waals surface area contributed by atoms with Crippen LogP contribution in [0.1, 0.15) is 52.4 Å². The van der Waals surface area contributed by atoms with Gasteiger partial charge in [0.15, 0.2) is 6.29 Å². The van der Waals surface area contributed by atoms with Crippen LogP contribution < -0.4 is 0 Å². The molecule has 4 fully saturated rings. The second-order valence-electron chi connectivity index (χ2n) is 7.79. The highest BCUT2D eigenvalue weighted by Crippen LogP contribution is 2.66. The third-order valence-corrected chi connectivity index (χ3v) is 7.20. The van der Waals surface area contributed by atoms with Crippen LogP contribution in [0.2, 0.25) is 0 Å². The second-order valence-corrected chi connectivity index (χ2v) is 7.79. The van der Waals surface area contributed by atoms with Crippen molar-refractivity contribution in [1.82, 2.24) is 0 Å². The van der Waals surface area contributed by atoms with Gasteiger partial charge in [0.05, 0.1) is 13.2 Å². The number of fused-ring (bicyclic) bond motifs is 5. The summed E-state index contributed by atoms with van der Waals surface area (Å²) in [6.07, 6.45) is 8.66. The van der Waals surface area contributed by atoms with Crippen molar-refractivity contribution in [3.8, 4) is 0 Å². The lowest BCUT2D eigenvalue weighted by Crippen LogP contribution is -2.31. The van der Waals surface area contributed by atoms with Crippen molar-refractivity contribution in [3.05, 3.63) is 0 Å². The van der Waals surface area contributed by atoms with Gasteiger partial charge in [-0.15, -0.1) is 0 Å². The summed E-state index contributed by atoms with van der Waals surface area (Å²) in [5.74, 6) is 7.13. The average molecular weight is 278 g/mol. The molecule has 4 rings (SSSR count). The quantitative estimate of drug-likeness (QED) is 0.771. The van der Waals surface area contributed by atoms with E-state index in [-0.39, 0.29) is 6.29 Å². The van der Waals surface area contributed by atoms with E-state index in [4.69, 9.17) is 9.47 Å². The molecule has 0 N–H and O–H groups in total. The summed E-state index contributed by atoms with van der Waals surface area (Å²) in [5, 5.41) is 0. The van der Waals surface area contributed by atoms with Gasteiger partial charge in [0.2, 0.25) is 0 Å². The summed E-state index contributed by atoms with van der Waals surface area (Å²) in [5.41, 5.74) is 0. The molecule has 7 atom stereocenters. The Labute approximate surface area is 123 Å². The molecule has 0 radical (unpaired) electrons. The Bertz CT molecular complexity index is 349. The van der Waals surface area contributed by atoms with Crippen molar-refractivity contribution in [2.24, 2.45) is 41.4 Å². The highest BCUT2D eigenvalue weighted by molar-refractivity contribution is 5.07. The average Bonchev–Trinajstić information content (AvgIpc) is 3.20. The Morgan fingerprint density at radius 3 is 2.20 bits per heavy atom. The molecule has 20 heavy (non-hydrogen) atoms. The first-order valence-corrected chi connectivity index (χ1v) is 9.05. The zero-order valence-electron chi connectivity index (χ0n) is 13.1. The lowest BCUT2D eigenvalue weighted by atomic mass is 9.70. The maximum atomic E-state index is 5.71. The van der Waals surface area contributed by atoms with Crippen molar-refractivity contribution < 1.29 is 9.47 Å². The molecular weight excluding hydrogens is 248 g/mol. The van der Waals surface area contributed by atoms with E-state index in [0.717, 1.165) is 54.6 Å². The first-order chi connectivity index (χ1) is 9.81. The summed E-state index contributed by atoms with van der Waals surface area (Å²) in [4.78, 5) is 0. The fourth-order valence-electron chi connectivity index (χ4n) is 6.59. The summed E-state index contributed by atoms with van der Waals surface area (Å²) in [6, 6.07) is 0. The molecule has 2 nitrogen and oxygen atoms in total. The van der Waals surface area contributed by atoms with Crippen LogP contribution in [-0.4, -0.2) is 19.5 Å². The molecule has 3 aliphatic carbocycles.